The molecule has 4 aromatic rings. The number of fused-ring (bicyclic) bond motifs is 3. The van der Waals surface area contributed by atoms with Crippen molar-refractivity contribution < 1.29 is 0 Å². The average Bonchev–Trinajstić information content (AvgIpc) is 3.27. The van der Waals surface area contributed by atoms with Gasteiger partial charge in [0, 0.05) is 39.4 Å². The van der Waals surface area contributed by atoms with Crippen molar-refractivity contribution in [2.75, 3.05) is 36.0 Å². The van der Waals surface area contributed by atoms with Crippen LogP contribution in [0.25, 0.3) is 28.2 Å². The van der Waals surface area contributed by atoms with Crippen molar-refractivity contribution in [2.45, 2.75) is 27.7 Å². The standard InChI is InChI=1S/C22H29N7/c1-6-27(7-2)20-18-19(23-21(25-20)28(8-3)9-4)24-22-26(5)17(15-29(18)22)16-13-11-10-12-14-16/h10-15H,6-9H2,1-5H3. The van der Waals surface area contributed by atoms with Gasteiger partial charge >= 0.3 is 0 Å². The Morgan fingerprint density at radius 3 is 2.10 bits per heavy atom. The highest BCUT2D eigenvalue weighted by Crippen LogP contribution is 2.31. The molecule has 0 spiro atoms. The van der Waals surface area contributed by atoms with E-state index in [-0.39, 0.29) is 0 Å². The van der Waals surface area contributed by atoms with Crippen LogP contribution in [0.15, 0.2) is 36.5 Å². The fraction of sp³-hybridized carbons (Fsp3) is 0.409. The predicted molar refractivity (Wildman–Crippen MR) is 120 cm³/mol. The van der Waals surface area contributed by atoms with Crippen LogP contribution < -0.4 is 9.80 Å². The van der Waals surface area contributed by atoms with Crippen molar-refractivity contribution in [1.29, 1.82) is 0 Å². The number of benzene rings is 1. The summed E-state index contributed by atoms with van der Waals surface area (Å²) in [6.45, 7) is 12.1. The maximum atomic E-state index is 4.99. The van der Waals surface area contributed by atoms with Gasteiger partial charge in [-0.1, -0.05) is 30.3 Å². The van der Waals surface area contributed by atoms with Gasteiger partial charge in [0.2, 0.25) is 11.7 Å². The number of hydrogen-bond donors (Lipinski definition) is 0. The molecular formula is C22H29N7. The third-order valence-electron chi connectivity index (χ3n) is 5.59. The second-order valence-electron chi connectivity index (χ2n) is 7.09. The maximum absolute atomic E-state index is 4.99. The topological polar surface area (TPSA) is 54.5 Å². The average molecular weight is 392 g/mol. The first-order chi connectivity index (χ1) is 14.1. The Labute approximate surface area is 171 Å². The fourth-order valence-corrected chi connectivity index (χ4v) is 3.91. The second kappa shape index (κ2) is 7.73. The molecule has 0 N–H and O–H groups in total. The molecule has 0 aliphatic carbocycles. The highest BCUT2D eigenvalue weighted by molar-refractivity contribution is 5.89. The summed E-state index contributed by atoms with van der Waals surface area (Å²) in [4.78, 5) is 19.2. The molecule has 0 fully saturated rings. The molecule has 0 saturated heterocycles. The Bertz CT molecular complexity index is 1120. The lowest BCUT2D eigenvalue weighted by Crippen LogP contribution is -2.28. The van der Waals surface area contributed by atoms with Crippen LogP contribution in [-0.2, 0) is 7.05 Å². The van der Waals surface area contributed by atoms with Crippen molar-refractivity contribution in [3.05, 3.63) is 36.5 Å². The van der Waals surface area contributed by atoms with Crippen LogP contribution in [0, 0.1) is 0 Å². The molecule has 0 saturated carbocycles. The smallest absolute Gasteiger partial charge is 0.229 e. The zero-order valence-electron chi connectivity index (χ0n) is 17.9. The molecule has 3 heterocycles. The SMILES string of the molecule is CCN(CC)c1nc(N(CC)CC)c2c(n1)nc1n(C)c(-c3ccccc3)cn21. The fourth-order valence-electron chi connectivity index (χ4n) is 3.91. The van der Waals surface area contributed by atoms with Crippen LogP contribution >= 0.6 is 0 Å². The van der Waals surface area contributed by atoms with Gasteiger partial charge in [-0.15, -0.1) is 0 Å². The van der Waals surface area contributed by atoms with Crippen molar-refractivity contribution in [2.24, 2.45) is 7.05 Å². The summed E-state index contributed by atoms with van der Waals surface area (Å²) in [5.41, 5.74) is 4.00. The molecule has 1 aromatic carbocycles. The lowest BCUT2D eigenvalue weighted by molar-refractivity contribution is 0.804. The van der Waals surface area contributed by atoms with E-state index in [4.69, 9.17) is 15.0 Å². The Morgan fingerprint density at radius 1 is 0.828 bits per heavy atom. The summed E-state index contributed by atoms with van der Waals surface area (Å²) in [5.74, 6) is 2.56. The molecule has 0 bridgehead atoms. The molecule has 0 atom stereocenters. The van der Waals surface area contributed by atoms with Gasteiger partial charge in [-0.2, -0.15) is 15.0 Å². The summed E-state index contributed by atoms with van der Waals surface area (Å²) in [7, 11) is 2.05. The molecule has 0 amide bonds. The molecular weight excluding hydrogens is 362 g/mol. The minimum Gasteiger partial charge on any atom is -0.355 e. The van der Waals surface area contributed by atoms with Crippen LogP contribution in [-0.4, -0.2) is 50.1 Å². The van der Waals surface area contributed by atoms with E-state index >= 15 is 0 Å². The van der Waals surface area contributed by atoms with E-state index in [2.05, 4.69) is 84.0 Å². The lowest BCUT2D eigenvalue weighted by atomic mass is 10.2. The van der Waals surface area contributed by atoms with Gasteiger partial charge in [0.25, 0.3) is 0 Å². The molecule has 29 heavy (non-hydrogen) atoms. The molecule has 0 unspecified atom stereocenters. The van der Waals surface area contributed by atoms with E-state index in [0.717, 1.165) is 60.6 Å². The zero-order chi connectivity index (χ0) is 20.5. The van der Waals surface area contributed by atoms with Gasteiger partial charge in [-0.3, -0.25) is 4.40 Å². The van der Waals surface area contributed by atoms with Crippen LogP contribution in [0.4, 0.5) is 11.8 Å². The second-order valence-corrected chi connectivity index (χ2v) is 7.09. The van der Waals surface area contributed by atoms with Crippen molar-refractivity contribution >= 4 is 28.7 Å². The summed E-state index contributed by atoms with van der Waals surface area (Å²) < 4.78 is 4.26. The largest absolute Gasteiger partial charge is 0.355 e. The van der Waals surface area contributed by atoms with Crippen molar-refractivity contribution in [3.63, 3.8) is 0 Å². The van der Waals surface area contributed by atoms with Crippen LogP contribution in [0.1, 0.15) is 27.7 Å². The Kier molecular flexibility index (Phi) is 5.13. The maximum Gasteiger partial charge on any atom is 0.229 e. The predicted octanol–water partition coefficient (Wildman–Crippen LogP) is 3.98. The van der Waals surface area contributed by atoms with E-state index in [9.17, 15) is 0 Å². The van der Waals surface area contributed by atoms with E-state index in [1.165, 1.54) is 5.56 Å². The van der Waals surface area contributed by atoms with Gasteiger partial charge in [0.1, 0.15) is 5.52 Å². The first kappa shape index (κ1) is 19.2. The van der Waals surface area contributed by atoms with Gasteiger partial charge < -0.3 is 14.4 Å². The van der Waals surface area contributed by atoms with E-state index in [1.54, 1.807) is 0 Å². The summed E-state index contributed by atoms with van der Waals surface area (Å²) in [6, 6.07) is 10.4. The monoisotopic (exact) mass is 391 g/mol. The lowest BCUT2D eigenvalue weighted by Gasteiger charge is -2.24. The summed E-state index contributed by atoms with van der Waals surface area (Å²) >= 11 is 0. The highest BCUT2D eigenvalue weighted by Gasteiger charge is 2.22. The van der Waals surface area contributed by atoms with Crippen LogP contribution in [0.3, 0.4) is 0 Å². The molecule has 4 rings (SSSR count). The van der Waals surface area contributed by atoms with Gasteiger partial charge in [-0.05, 0) is 33.3 Å². The van der Waals surface area contributed by atoms with E-state index < -0.39 is 0 Å². The first-order valence-corrected chi connectivity index (χ1v) is 10.4. The zero-order valence-corrected chi connectivity index (χ0v) is 17.9. The highest BCUT2D eigenvalue weighted by atomic mass is 15.3. The normalized spacial score (nSPS) is 11.5. The minimum absolute atomic E-state index is 0.744. The Hall–Kier alpha value is -3.09. The molecule has 3 aromatic heterocycles. The number of aromatic nitrogens is 5. The Balaban J connectivity index is 2.01. The molecule has 0 radical (unpaired) electrons. The molecule has 0 aliphatic heterocycles. The molecule has 152 valence electrons. The van der Waals surface area contributed by atoms with Crippen molar-refractivity contribution in [3.8, 4) is 11.3 Å². The molecule has 0 aliphatic rings. The number of nitrogens with zero attached hydrogens (tertiary/aromatic N) is 7. The third-order valence-corrected chi connectivity index (χ3v) is 5.59. The van der Waals surface area contributed by atoms with Crippen LogP contribution in [0.2, 0.25) is 0 Å². The van der Waals surface area contributed by atoms with Crippen LogP contribution in [0.5, 0.6) is 0 Å². The number of anilines is 2. The number of rotatable bonds is 7. The molecule has 7 heteroatoms. The summed E-state index contributed by atoms with van der Waals surface area (Å²) in [6.07, 6.45) is 2.15. The van der Waals surface area contributed by atoms with Crippen molar-refractivity contribution in [1.82, 2.24) is 23.9 Å². The first-order valence-electron chi connectivity index (χ1n) is 10.4. The van der Waals surface area contributed by atoms with E-state index in [0.29, 0.717) is 0 Å². The van der Waals surface area contributed by atoms with Gasteiger partial charge in [0.15, 0.2) is 11.5 Å². The number of aryl methyl sites for hydroxylation is 1. The van der Waals surface area contributed by atoms with Gasteiger partial charge in [-0.25, -0.2) is 0 Å². The van der Waals surface area contributed by atoms with E-state index in [1.807, 2.05) is 6.07 Å². The summed E-state index contributed by atoms with van der Waals surface area (Å²) in [5, 5.41) is 0. The Morgan fingerprint density at radius 2 is 1.48 bits per heavy atom. The van der Waals surface area contributed by atoms with Gasteiger partial charge in [0.05, 0.1) is 5.69 Å². The number of imidazole rings is 2. The minimum atomic E-state index is 0.744. The quantitative estimate of drug-likeness (QED) is 0.477. The number of hydrogen-bond acceptors (Lipinski definition) is 5. The molecule has 7 nitrogen and oxygen atoms in total. The third kappa shape index (κ3) is 3.10.